The third-order valence-electron chi connectivity index (χ3n) is 4.84. The summed E-state index contributed by atoms with van der Waals surface area (Å²) in [6.45, 7) is 4.74. The summed E-state index contributed by atoms with van der Waals surface area (Å²) in [6, 6.07) is 8.39. The number of nitrogens with two attached hydrogens (primary N) is 1. The van der Waals surface area contributed by atoms with Crippen LogP contribution in [-0.4, -0.2) is 12.5 Å². The lowest BCUT2D eigenvalue weighted by molar-refractivity contribution is -0.124. The van der Waals surface area contributed by atoms with Crippen molar-refractivity contribution < 1.29 is 4.79 Å². The van der Waals surface area contributed by atoms with Gasteiger partial charge in [-0.05, 0) is 44.2 Å². The molecule has 1 aliphatic rings. The Balaban J connectivity index is 1.92. The highest BCUT2D eigenvalue weighted by Gasteiger charge is 2.33. The number of carbonyl (C=O) groups excluding carboxylic acids is 1. The van der Waals surface area contributed by atoms with Gasteiger partial charge in [0.2, 0.25) is 5.91 Å². The molecule has 21 heavy (non-hydrogen) atoms. The predicted molar refractivity (Wildman–Crippen MR) is 86.9 cm³/mol. The summed E-state index contributed by atoms with van der Waals surface area (Å²) >= 11 is 0. The van der Waals surface area contributed by atoms with E-state index in [-0.39, 0.29) is 17.4 Å². The molecule has 1 amide bonds. The van der Waals surface area contributed by atoms with Gasteiger partial charge in [-0.2, -0.15) is 0 Å². The van der Waals surface area contributed by atoms with Crippen molar-refractivity contribution in [2.75, 3.05) is 6.54 Å². The molecule has 0 aliphatic heterocycles. The second-order valence-electron chi connectivity index (χ2n) is 6.64. The Hall–Kier alpha value is -1.35. The molecule has 0 bridgehead atoms. The molecule has 1 atom stereocenters. The van der Waals surface area contributed by atoms with Gasteiger partial charge in [-0.25, -0.2) is 0 Å². The highest BCUT2D eigenvalue weighted by atomic mass is 16.1. The fourth-order valence-corrected chi connectivity index (χ4v) is 3.33. The minimum atomic E-state index is 0.0370. The van der Waals surface area contributed by atoms with E-state index in [0.717, 1.165) is 18.4 Å². The first kappa shape index (κ1) is 16.0. The average Bonchev–Trinajstić information content (AvgIpc) is 2.48. The Labute approximate surface area is 128 Å². The first-order valence-electron chi connectivity index (χ1n) is 8.11. The zero-order valence-corrected chi connectivity index (χ0v) is 13.3. The maximum atomic E-state index is 12.4. The summed E-state index contributed by atoms with van der Waals surface area (Å²) in [6.07, 6.45) is 6.45. The Morgan fingerprint density at radius 1 is 1.24 bits per heavy atom. The van der Waals surface area contributed by atoms with Gasteiger partial charge < -0.3 is 11.1 Å². The molecule has 0 spiro atoms. The van der Waals surface area contributed by atoms with Gasteiger partial charge in [0, 0.05) is 6.42 Å². The van der Waals surface area contributed by atoms with Crippen molar-refractivity contribution in [2.45, 2.75) is 58.4 Å². The van der Waals surface area contributed by atoms with E-state index < -0.39 is 0 Å². The number of benzene rings is 1. The van der Waals surface area contributed by atoms with Crippen LogP contribution in [0.15, 0.2) is 24.3 Å². The van der Waals surface area contributed by atoms with Gasteiger partial charge in [-0.3, -0.25) is 4.79 Å². The monoisotopic (exact) mass is 288 g/mol. The van der Waals surface area contributed by atoms with Gasteiger partial charge in [-0.15, -0.1) is 0 Å². The first-order chi connectivity index (χ1) is 10.0. The maximum Gasteiger partial charge on any atom is 0.221 e. The lowest BCUT2D eigenvalue weighted by atomic mass is 9.71. The SMILES string of the molecule is Cc1ccc([C@@H](C)NC(=O)CC2(CN)CCCCC2)cc1. The average molecular weight is 288 g/mol. The van der Waals surface area contributed by atoms with Crippen molar-refractivity contribution in [3.63, 3.8) is 0 Å². The fraction of sp³-hybridized carbons (Fsp3) is 0.611. The maximum absolute atomic E-state index is 12.4. The molecule has 1 aliphatic carbocycles. The van der Waals surface area contributed by atoms with Gasteiger partial charge in [0.05, 0.1) is 6.04 Å². The van der Waals surface area contributed by atoms with Gasteiger partial charge in [0.15, 0.2) is 0 Å². The molecule has 0 heterocycles. The van der Waals surface area contributed by atoms with Crippen LogP contribution in [-0.2, 0) is 4.79 Å². The third kappa shape index (κ3) is 4.31. The van der Waals surface area contributed by atoms with Crippen molar-refractivity contribution in [2.24, 2.45) is 11.1 Å². The van der Waals surface area contributed by atoms with E-state index in [9.17, 15) is 4.79 Å². The van der Waals surface area contributed by atoms with Crippen LogP contribution in [0.2, 0.25) is 0 Å². The second-order valence-corrected chi connectivity index (χ2v) is 6.64. The predicted octanol–water partition coefficient (Wildman–Crippen LogP) is 3.47. The van der Waals surface area contributed by atoms with Gasteiger partial charge >= 0.3 is 0 Å². The van der Waals surface area contributed by atoms with Gasteiger partial charge in [-0.1, -0.05) is 49.1 Å². The van der Waals surface area contributed by atoms with Crippen LogP contribution in [0.3, 0.4) is 0 Å². The smallest absolute Gasteiger partial charge is 0.221 e. The first-order valence-corrected chi connectivity index (χ1v) is 8.11. The Morgan fingerprint density at radius 2 is 1.86 bits per heavy atom. The molecule has 1 aromatic rings. The van der Waals surface area contributed by atoms with Crippen LogP contribution in [0.25, 0.3) is 0 Å². The highest BCUT2D eigenvalue weighted by molar-refractivity contribution is 5.77. The largest absolute Gasteiger partial charge is 0.350 e. The molecule has 0 saturated heterocycles. The highest BCUT2D eigenvalue weighted by Crippen LogP contribution is 2.38. The second kappa shape index (κ2) is 7.08. The summed E-state index contributed by atoms with van der Waals surface area (Å²) in [7, 11) is 0. The normalized spacial score (nSPS) is 19.0. The van der Waals surface area contributed by atoms with Crippen LogP contribution in [0.1, 0.15) is 62.6 Å². The number of rotatable bonds is 5. The van der Waals surface area contributed by atoms with Crippen molar-refractivity contribution in [3.05, 3.63) is 35.4 Å². The summed E-state index contributed by atoms with van der Waals surface area (Å²) in [4.78, 5) is 12.4. The minimum Gasteiger partial charge on any atom is -0.350 e. The Bertz CT molecular complexity index is 461. The molecule has 1 fully saturated rings. The molecular formula is C18H28N2O. The molecule has 3 N–H and O–H groups in total. The standard InChI is InChI=1S/C18H28N2O/c1-14-6-8-16(9-7-14)15(2)20-17(21)12-18(13-19)10-4-3-5-11-18/h6-9,15H,3-5,10-13,19H2,1-2H3,(H,20,21)/t15-/m1/s1. The minimum absolute atomic E-state index is 0.0370. The zero-order chi connectivity index (χ0) is 15.3. The van der Waals surface area contributed by atoms with Crippen LogP contribution in [0.5, 0.6) is 0 Å². The van der Waals surface area contributed by atoms with Crippen LogP contribution in [0.4, 0.5) is 0 Å². The third-order valence-corrected chi connectivity index (χ3v) is 4.84. The van der Waals surface area contributed by atoms with E-state index in [1.807, 2.05) is 6.92 Å². The number of amides is 1. The van der Waals surface area contributed by atoms with E-state index in [0.29, 0.717) is 13.0 Å². The summed E-state index contributed by atoms with van der Waals surface area (Å²) in [5, 5.41) is 3.13. The fourth-order valence-electron chi connectivity index (χ4n) is 3.33. The van der Waals surface area contributed by atoms with E-state index in [4.69, 9.17) is 5.73 Å². The molecule has 3 heteroatoms. The molecular weight excluding hydrogens is 260 g/mol. The molecule has 1 saturated carbocycles. The summed E-state index contributed by atoms with van der Waals surface area (Å²) in [5.41, 5.74) is 8.39. The number of carbonyl (C=O) groups is 1. The number of aryl methyl sites for hydroxylation is 1. The molecule has 116 valence electrons. The van der Waals surface area contributed by atoms with Crippen molar-refractivity contribution in [1.29, 1.82) is 0 Å². The van der Waals surface area contributed by atoms with E-state index in [1.54, 1.807) is 0 Å². The van der Waals surface area contributed by atoms with Crippen molar-refractivity contribution in [1.82, 2.24) is 5.32 Å². The lowest BCUT2D eigenvalue weighted by Gasteiger charge is -2.36. The van der Waals surface area contributed by atoms with Crippen molar-refractivity contribution in [3.8, 4) is 0 Å². The quantitative estimate of drug-likeness (QED) is 0.871. The lowest BCUT2D eigenvalue weighted by Crippen LogP contribution is -2.39. The summed E-state index contributed by atoms with van der Waals surface area (Å²) < 4.78 is 0. The van der Waals surface area contributed by atoms with Crippen LogP contribution < -0.4 is 11.1 Å². The number of hydrogen-bond donors (Lipinski definition) is 2. The molecule has 3 nitrogen and oxygen atoms in total. The number of nitrogens with one attached hydrogen (secondary N) is 1. The molecule has 1 aromatic carbocycles. The number of hydrogen-bond acceptors (Lipinski definition) is 2. The van der Waals surface area contributed by atoms with Crippen LogP contribution in [0, 0.1) is 12.3 Å². The summed E-state index contributed by atoms with van der Waals surface area (Å²) in [5.74, 6) is 0.135. The van der Waals surface area contributed by atoms with Gasteiger partial charge in [0.1, 0.15) is 0 Å². The van der Waals surface area contributed by atoms with E-state index in [1.165, 1.54) is 24.8 Å². The topological polar surface area (TPSA) is 55.1 Å². The van der Waals surface area contributed by atoms with E-state index >= 15 is 0 Å². The van der Waals surface area contributed by atoms with Crippen LogP contribution >= 0.6 is 0 Å². The molecule has 2 rings (SSSR count). The zero-order valence-electron chi connectivity index (χ0n) is 13.3. The van der Waals surface area contributed by atoms with Crippen molar-refractivity contribution >= 4 is 5.91 Å². The van der Waals surface area contributed by atoms with E-state index in [2.05, 4.69) is 36.5 Å². The van der Waals surface area contributed by atoms with Gasteiger partial charge in [0.25, 0.3) is 0 Å². The molecule has 0 radical (unpaired) electrons. The Morgan fingerprint density at radius 3 is 2.43 bits per heavy atom. The molecule has 0 unspecified atom stereocenters. The Kier molecular flexibility index (Phi) is 5.40. The molecule has 0 aromatic heterocycles.